The van der Waals surface area contributed by atoms with Crippen LogP contribution in [0.2, 0.25) is 0 Å². The first kappa shape index (κ1) is 44.2. The van der Waals surface area contributed by atoms with E-state index < -0.39 is 0 Å². The number of hydrogen-bond acceptors (Lipinski definition) is 6. The molecule has 0 spiro atoms. The van der Waals surface area contributed by atoms with Crippen molar-refractivity contribution in [3.63, 3.8) is 0 Å². The standard InChI is InChI=1S/C70H52N2O4/c1-69(2,3)41-35-37-47-53(39-41)63(71(55-27-15-23-49-43-19-7-11-31-59(43)73-65(49)55)56-28-16-24-50-44-20-8-12-32-60(44)74-66(50)56)48-38-36-42(70(4,5)6)40-54(48)64(47)72(57-29-17-25-51-45-21-9-13-33-61(45)75-67(51)57)58-30-18-26-52-46-22-10-14-34-62(46)76-68(52)58/h7-40H,1-6H3. The van der Waals surface area contributed by atoms with Gasteiger partial charge in [0.15, 0.2) is 22.3 Å². The fraction of sp³-hybridized carbons (Fsp3) is 0.114. The van der Waals surface area contributed by atoms with E-state index in [2.05, 4.69) is 233 Å². The van der Waals surface area contributed by atoms with Crippen molar-refractivity contribution in [1.29, 1.82) is 0 Å². The zero-order chi connectivity index (χ0) is 51.2. The van der Waals surface area contributed by atoms with E-state index in [1.165, 1.54) is 11.1 Å². The van der Waals surface area contributed by atoms with Crippen molar-refractivity contribution < 1.29 is 17.7 Å². The Hall–Kier alpha value is -9.26. The minimum atomic E-state index is -0.210. The summed E-state index contributed by atoms with van der Waals surface area (Å²) in [7, 11) is 0. The number of benzene rings is 11. The lowest BCUT2D eigenvalue weighted by Gasteiger charge is -2.34. The molecule has 0 radical (unpaired) electrons. The molecule has 0 aliphatic carbocycles. The molecule has 0 saturated carbocycles. The molecule has 15 rings (SSSR count). The fourth-order valence-corrected chi connectivity index (χ4v) is 12.0. The third kappa shape index (κ3) is 6.53. The fourth-order valence-electron chi connectivity index (χ4n) is 12.0. The number of fused-ring (bicyclic) bond motifs is 14. The quantitative estimate of drug-likeness (QED) is 0.122. The zero-order valence-corrected chi connectivity index (χ0v) is 43.2. The lowest BCUT2D eigenvalue weighted by molar-refractivity contribution is 0.590. The topological polar surface area (TPSA) is 59.0 Å². The van der Waals surface area contributed by atoms with Crippen LogP contribution in [-0.2, 0) is 10.8 Å². The van der Waals surface area contributed by atoms with Gasteiger partial charge in [0.25, 0.3) is 0 Å². The monoisotopic (exact) mass is 984 g/mol. The summed E-state index contributed by atoms with van der Waals surface area (Å²) in [6.45, 7) is 13.8. The van der Waals surface area contributed by atoms with Crippen molar-refractivity contribution in [3.8, 4) is 0 Å². The Balaban J connectivity index is 1.16. The molecule has 0 atom stereocenters. The van der Waals surface area contributed by atoms with Crippen LogP contribution >= 0.6 is 0 Å². The summed E-state index contributed by atoms with van der Waals surface area (Å²) in [5.74, 6) is 0. The van der Waals surface area contributed by atoms with Crippen LogP contribution in [0, 0.1) is 0 Å². The second-order valence-electron chi connectivity index (χ2n) is 22.4. The molecule has 0 unspecified atom stereocenters. The number of para-hydroxylation sites is 8. The molecule has 0 bridgehead atoms. The molecular weight excluding hydrogens is 933 g/mol. The molecule has 11 aromatic carbocycles. The van der Waals surface area contributed by atoms with Crippen LogP contribution in [-0.4, -0.2) is 0 Å². The molecule has 6 heteroatoms. The van der Waals surface area contributed by atoms with Crippen LogP contribution in [0.4, 0.5) is 34.1 Å². The molecule has 0 saturated heterocycles. The highest BCUT2D eigenvalue weighted by Crippen LogP contribution is 2.56. The molecule has 76 heavy (non-hydrogen) atoms. The van der Waals surface area contributed by atoms with E-state index in [0.29, 0.717) is 0 Å². The minimum Gasteiger partial charge on any atom is -0.454 e. The number of hydrogen-bond donors (Lipinski definition) is 0. The van der Waals surface area contributed by atoms with Gasteiger partial charge in [0.2, 0.25) is 0 Å². The van der Waals surface area contributed by atoms with Crippen LogP contribution in [0.25, 0.3) is 109 Å². The van der Waals surface area contributed by atoms with E-state index >= 15 is 0 Å². The SMILES string of the molecule is CC(C)(C)c1ccc2c(N(c3cccc4c3oc3ccccc34)c3cccc4c3oc3ccccc34)c3cc(C(C)(C)C)ccc3c(N(c3cccc4c3oc3ccccc34)c3cccc4c3oc3ccccc34)c2c1. The first-order valence-electron chi connectivity index (χ1n) is 26.2. The van der Waals surface area contributed by atoms with Gasteiger partial charge in [-0.1, -0.05) is 187 Å². The molecule has 0 amide bonds. The van der Waals surface area contributed by atoms with Gasteiger partial charge < -0.3 is 27.5 Å². The summed E-state index contributed by atoms with van der Waals surface area (Å²) >= 11 is 0. The smallest absolute Gasteiger partial charge is 0.159 e. The van der Waals surface area contributed by atoms with E-state index in [4.69, 9.17) is 17.7 Å². The largest absolute Gasteiger partial charge is 0.454 e. The summed E-state index contributed by atoms with van der Waals surface area (Å²) in [5, 5.41) is 12.6. The second-order valence-corrected chi connectivity index (χ2v) is 22.4. The summed E-state index contributed by atoms with van der Waals surface area (Å²) in [5.41, 5.74) is 14.1. The lowest BCUT2D eigenvalue weighted by Crippen LogP contribution is -2.17. The highest BCUT2D eigenvalue weighted by molar-refractivity contribution is 6.27. The summed E-state index contributed by atoms with van der Waals surface area (Å²) < 4.78 is 28.2. The normalized spacial score (nSPS) is 12.6. The molecule has 0 N–H and O–H groups in total. The molecular formula is C70H52N2O4. The maximum absolute atomic E-state index is 7.05. The maximum atomic E-state index is 7.05. The minimum absolute atomic E-state index is 0.210. The van der Waals surface area contributed by atoms with Crippen molar-refractivity contribution >= 4 is 143 Å². The molecule has 0 aliphatic heterocycles. The van der Waals surface area contributed by atoms with E-state index in [1.54, 1.807) is 0 Å². The van der Waals surface area contributed by atoms with Gasteiger partial charge in [0.05, 0.1) is 34.1 Å². The second kappa shape index (κ2) is 16.1. The average Bonchev–Trinajstić information content (AvgIpc) is 4.23. The highest BCUT2D eigenvalue weighted by Gasteiger charge is 2.33. The van der Waals surface area contributed by atoms with Crippen LogP contribution in [0.3, 0.4) is 0 Å². The van der Waals surface area contributed by atoms with Crippen LogP contribution in [0.15, 0.2) is 224 Å². The molecule has 15 aromatic rings. The number of rotatable bonds is 6. The van der Waals surface area contributed by atoms with Crippen molar-refractivity contribution in [2.75, 3.05) is 9.80 Å². The Morgan fingerprint density at radius 3 is 0.789 bits per heavy atom. The van der Waals surface area contributed by atoms with E-state index in [9.17, 15) is 0 Å². The summed E-state index contributed by atoms with van der Waals surface area (Å²) in [4.78, 5) is 4.86. The summed E-state index contributed by atoms with van der Waals surface area (Å²) in [6.07, 6.45) is 0. The van der Waals surface area contributed by atoms with Crippen molar-refractivity contribution in [1.82, 2.24) is 0 Å². The van der Waals surface area contributed by atoms with Gasteiger partial charge in [-0.05, 0) is 82.6 Å². The number of nitrogens with zero attached hydrogens (tertiary/aromatic N) is 2. The maximum Gasteiger partial charge on any atom is 0.159 e. The Labute approximate surface area is 438 Å². The van der Waals surface area contributed by atoms with Crippen LogP contribution < -0.4 is 9.80 Å². The Morgan fingerprint density at radius 2 is 0.513 bits per heavy atom. The van der Waals surface area contributed by atoms with Crippen LogP contribution in [0.5, 0.6) is 0 Å². The third-order valence-corrected chi connectivity index (χ3v) is 15.7. The molecule has 4 heterocycles. The Bertz CT molecular complexity index is 4340. The van der Waals surface area contributed by atoms with Gasteiger partial charge in [-0.25, -0.2) is 0 Å². The highest BCUT2D eigenvalue weighted by atomic mass is 16.3. The molecule has 0 fully saturated rings. The van der Waals surface area contributed by atoms with Gasteiger partial charge in [0.1, 0.15) is 22.3 Å². The van der Waals surface area contributed by atoms with E-state index in [1.807, 2.05) is 24.3 Å². The molecule has 4 aromatic heterocycles. The van der Waals surface area contributed by atoms with Crippen LogP contribution in [0.1, 0.15) is 52.7 Å². The zero-order valence-electron chi connectivity index (χ0n) is 43.2. The van der Waals surface area contributed by atoms with Crippen molar-refractivity contribution in [2.45, 2.75) is 52.4 Å². The van der Waals surface area contributed by atoms with Gasteiger partial charge in [-0.15, -0.1) is 0 Å². The number of anilines is 6. The third-order valence-electron chi connectivity index (χ3n) is 15.7. The Kier molecular flexibility index (Phi) is 9.38. The first-order valence-corrected chi connectivity index (χ1v) is 26.2. The predicted molar refractivity (Wildman–Crippen MR) is 317 cm³/mol. The van der Waals surface area contributed by atoms with E-state index in [-0.39, 0.29) is 10.8 Å². The van der Waals surface area contributed by atoms with Gasteiger partial charge in [-0.2, -0.15) is 0 Å². The number of furan rings is 4. The molecule has 0 aliphatic rings. The summed E-state index contributed by atoms with van der Waals surface area (Å²) in [6, 6.07) is 73.7. The van der Waals surface area contributed by atoms with Gasteiger partial charge in [-0.3, -0.25) is 0 Å². The molecule has 6 nitrogen and oxygen atoms in total. The van der Waals surface area contributed by atoms with Gasteiger partial charge in [0, 0.05) is 64.6 Å². The Morgan fingerprint density at radius 1 is 0.250 bits per heavy atom. The molecule has 366 valence electrons. The predicted octanol–water partition coefficient (Wildman–Crippen LogP) is 21.1. The van der Waals surface area contributed by atoms with Gasteiger partial charge >= 0.3 is 0 Å². The van der Waals surface area contributed by atoms with Crippen molar-refractivity contribution in [3.05, 3.63) is 217 Å². The van der Waals surface area contributed by atoms with E-state index in [0.717, 1.165) is 143 Å². The first-order chi connectivity index (χ1) is 37.0. The lowest BCUT2D eigenvalue weighted by atomic mass is 9.82. The average molecular weight is 985 g/mol. The van der Waals surface area contributed by atoms with Crippen molar-refractivity contribution in [2.24, 2.45) is 0 Å².